The van der Waals surface area contributed by atoms with E-state index in [0.717, 1.165) is 29.5 Å². The van der Waals surface area contributed by atoms with Crippen LogP contribution in [0.2, 0.25) is 5.02 Å². The van der Waals surface area contributed by atoms with Crippen molar-refractivity contribution >= 4 is 23.1 Å². The molecule has 0 bridgehead atoms. The standard InChI is InChI=1S/C19H16ClFO2/c1-11-8-18(21)16(10-17(11)20)14-5-3-4-12-6-7-13(9-15(12)14)19(22)23-2/h5-10H,3-4H2,1-2H3. The predicted octanol–water partition coefficient (Wildman–Crippen LogP) is 4.95. The van der Waals surface area contributed by atoms with E-state index < -0.39 is 5.97 Å². The van der Waals surface area contributed by atoms with Crippen molar-refractivity contribution in [2.24, 2.45) is 0 Å². The highest BCUT2D eigenvalue weighted by atomic mass is 35.5. The van der Waals surface area contributed by atoms with Crippen LogP contribution in [0.3, 0.4) is 0 Å². The molecule has 0 fully saturated rings. The van der Waals surface area contributed by atoms with Crippen LogP contribution in [-0.2, 0) is 11.2 Å². The number of ether oxygens (including phenoxy) is 1. The fourth-order valence-electron chi connectivity index (χ4n) is 2.88. The molecule has 4 heteroatoms. The van der Waals surface area contributed by atoms with E-state index in [-0.39, 0.29) is 5.82 Å². The van der Waals surface area contributed by atoms with Gasteiger partial charge in [-0.2, -0.15) is 0 Å². The number of hydrogen-bond donors (Lipinski definition) is 0. The quantitative estimate of drug-likeness (QED) is 0.728. The van der Waals surface area contributed by atoms with Gasteiger partial charge in [0, 0.05) is 10.6 Å². The summed E-state index contributed by atoms with van der Waals surface area (Å²) in [6.45, 7) is 1.77. The van der Waals surface area contributed by atoms with Crippen LogP contribution in [0.4, 0.5) is 4.39 Å². The van der Waals surface area contributed by atoms with Gasteiger partial charge in [0.15, 0.2) is 0 Å². The van der Waals surface area contributed by atoms with Gasteiger partial charge in [-0.05, 0) is 66.3 Å². The summed E-state index contributed by atoms with van der Waals surface area (Å²) >= 11 is 6.17. The number of rotatable bonds is 2. The van der Waals surface area contributed by atoms with Crippen LogP contribution in [0.15, 0.2) is 36.4 Å². The van der Waals surface area contributed by atoms with Gasteiger partial charge in [-0.1, -0.05) is 23.7 Å². The fraction of sp³-hybridized carbons (Fsp3) is 0.211. The molecule has 0 atom stereocenters. The second-order valence-electron chi connectivity index (χ2n) is 5.60. The average molecular weight is 331 g/mol. The normalized spacial score (nSPS) is 13.3. The second-order valence-corrected chi connectivity index (χ2v) is 6.01. The van der Waals surface area contributed by atoms with Crippen molar-refractivity contribution in [1.29, 1.82) is 0 Å². The maximum Gasteiger partial charge on any atom is 0.337 e. The third-order valence-electron chi connectivity index (χ3n) is 4.12. The number of methoxy groups -OCH3 is 1. The molecule has 2 nitrogen and oxygen atoms in total. The van der Waals surface area contributed by atoms with E-state index in [2.05, 4.69) is 0 Å². The number of benzene rings is 2. The molecule has 0 saturated carbocycles. The zero-order valence-corrected chi connectivity index (χ0v) is 13.7. The van der Waals surface area contributed by atoms with Crippen molar-refractivity contribution in [3.63, 3.8) is 0 Å². The van der Waals surface area contributed by atoms with Crippen LogP contribution >= 0.6 is 11.6 Å². The number of carbonyl (C=O) groups excluding carboxylic acids is 1. The van der Waals surface area contributed by atoms with Crippen molar-refractivity contribution in [1.82, 2.24) is 0 Å². The number of allylic oxidation sites excluding steroid dienone is 1. The minimum absolute atomic E-state index is 0.311. The van der Waals surface area contributed by atoms with Gasteiger partial charge in [-0.3, -0.25) is 0 Å². The maximum absolute atomic E-state index is 14.4. The van der Waals surface area contributed by atoms with Gasteiger partial charge in [0.25, 0.3) is 0 Å². The first-order valence-electron chi connectivity index (χ1n) is 7.39. The lowest BCUT2D eigenvalue weighted by molar-refractivity contribution is 0.0600. The zero-order chi connectivity index (χ0) is 16.6. The van der Waals surface area contributed by atoms with Crippen LogP contribution in [-0.4, -0.2) is 13.1 Å². The molecular formula is C19H16ClFO2. The summed E-state index contributed by atoms with van der Waals surface area (Å²) in [7, 11) is 1.35. The molecule has 0 heterocycles. The van der Waals surface area contributed by atoms with Gasteiger partial charge in [0.1, 0.15) is 5.82 Å². The summed E-state index contributed by atoms with van der Waals surface area (Å²) in [5.74, 6) is -0.713. The van der Waals surface area contributed by atoms with Crippen molar-refractivity contribution in [3.8, 4) is 0 Å². The summed E-state index contributed by atoms with van der Waals surface area (Å²) in [5, 5.41) is 0.526. The fourth-order valence-corrected chi connectivity index (χ4v) is 3.04. The molecule has 2 aromatic rings. The topological polar surface area (TPSA) is 26.3 Å². The highest BCUT2D eigenvalue weighted by Gasteiger charge is 2.20. The third-order valence-corrected chi connectivity index (χ3v) is 4.53. The zero-order valence-electron chi connectivity index (χ0n) is 13.0. The van der Waals surface area contributed by atoms with Crippen LogP contribution in [0.1, 0.15) is 39.0 Å². The van der Waals surface area contributed by atoms with E-state index in [9.17, 15) is 9.18 Å². The van der Waals surface area contributed by atoms with Gasteiger partial charge in [0.05, 0.1) is 12.7 Å². The lowest BCUT2D eigenvalue weighted by atomic mass is 9.85. The van der Waals surface area contributed by atoms with Crippen molar-refractivity contribution in [3.05, 3.63) is 75.1 Å². The van der Waals surface area contributed by atoms with E-state index in [1.54, 1.807) is 25.1 Å². The van der Waals surface area contributed by atoms with Gasteiger partial charge in [-0.25, -0.2) is 9.18 Å². The van der Waals surface area contributed by atoms with Gasteiger partial charge < -0.3 is 4.74 Å². The molecule has 23 heavy (non-hydrogen) atoms. The molecular weight excluding hydrogens is 315 g/mol. The largest absolute Gasteiger partial charge is 0.465 e. The van der Waals surface area contributed by atoms with E-state index in [1.807, 2.05) is 12.1 Å². The molecule has 0 N–H and O–H groups in total. The Hall–Kier alpha value is -2.13. The number of carbonyl (C=O) groups is 1. The van der Waals surface area contributed by atoms with E-state index >= 15 is 0 Å². The first-order valence-corrected chi connectivity index (χ1v) is 7.77. The Bertz CT molecular complexity index is 824. The van der Waals surface area contributed by atoms with Crippen LogP contribution < -0.4 is 0 Å². The summed E-state index contributed by atoms with van der Waals surface area (Å²) in [5.41, 5.74) is 4.34. The summed E-state index contributed by atoms with van der Waals surface area (Å²) in [6, 6.07) is 8.50. The van der Waals surface area contributed by atoms with Crippen LogP contribution in [0.5, 0.6) is 0 Å². The lowest BCUT2D eigenvalue weighted by Gasteiger charge is -2.20. The molecule has 1 aliphatic carbocycles. The third kappa shape index (κ3) is 2.89. The Morgan fingerprint density at radius 1 is 1.22 bits per heavy atom. The molecule has 0 radical (unpaired) electrons. The highest BCUT2D eigenvalue weighted by Crippen LogP contribution is 2.35. The minimum Gasteiger partial charge on any atom is -0.465 e. The molecule has 0 amide bonds. The molecule has 118 valence electrons. The van der Waals surface area contributed by atoms with Crippen molar-refractivity contribution < 1.29 is 13.9 Å². The molecule has 0 unspecified atom stereocenters. The Morgan fingerprint density at radius 3 is 2.74 bits per heavy atom. The maximum atomic E-state index is 14.4. The molecule has 0 spiro atoms. The Kier molecular flexibility index (Phi) is 4.22. The first kappa shape index (κ1) is 15.8. The highest BCUT2D eigenvalue weighted by molar-refractivity contribution is 6.31. The van der Waals surface area contributed by atoms with Crippen LogP contribution in [0, 0.1) is 12.7 Å². The van der Waals surface area contributed by atoms with E-state index in [1.165, 1.54) is 13.2 Å². The number of hydrogen-bond acceptors (Lipinski definition) is 2. The number of fused-ring (bicyclic) bond motifs is 1. The Morgan fingerprint density at radius 2 is 2.00 bits per heavy atom. The Balaban J connectivity index is 2.15. The van der Waals surface area contributed by atoms with Crippen molar-refractivity contribution in [2.45, 2.75) is 19.8 Å². The summed E-state index contributed by atoms with van der Waals surface area (Å²) < 4.78 is 19.2. The molecule has 0 aromatic heterocycles. The average Bonchev–Trinajstić information content (AvgIpc) is 2.56. The Labute approximate surface area is 139 Å². The monoisotopic (exact) mass is 330 g/mol. The molecule has 1 aliphatic rings. The second kappa shape index (κ2) is 6.17. The van der Waals surface area contributed by atoms with Crippen molar-refractivity contribution in [2.75, 3.05) is 7.11 Å². The molecule has 0 saturated heterocycles. The SMILES string of the molecule is COC(=O)c1ccc2c(c1)C(c1cc(Cl)c(C)cc1F)=CCC2. The summed E-state index contributed by atoms with van der Waals surface area (Å²) in [6.07, 6.45) is 3.68. The van der Waals surface area contributed by atoms with Crippen LogP contribution in [0.25, 0.3) is 5.57 Å². The smallest absolute Gasteiger partial charge is 0.337 e. The van der Waals surface area contributed by atoms with Gasteiger partial charge in [0.2, 0.25) is 0 Å². The molecule has 2 aromatic carbocycles. The van der Waals surface area contributed by atoms with Gasteiger partial charge >= 0.3 is 5.97 Å². The number of halogens is 2. The van der Waals surface area contributed by atoms with E-state index in [0.29, 0.717) is 21.7 Å². The van der Waals surface area contributed by atoms with Gasteiger partial charge in [-0.15, -0.1) is 0 Å². The predicted molar refractivity (Wildman–Crippen MR) is 89.3 cm³/mol. The first-order chi connectivity index (χ1) is 11.0. The minimum atomic E-state index is -0.403. The van der Waals surface area contributed by atoms with E-state index in [4.69, 9.17) is 16.3 Å². The lowest BCUT2D eigenvalue weighted by Crippen LogP contribution is -2.07. The molecule has 3 rings (SSSR count). The number of esters is 1. The molecule has 0 aliphatic heterocycles. The summed E-state index contributed by atoms with van der Waals surface area (Å²) in [4.78, 5) is 11.8. The number of aryl methyl sites for hydroxylation is 2.